The van der Waals surface area contributed by atoms with E-state index >= 15 is 0 Å². The molecular weight excluding hydrogens is 521 g/mol. The molecule has 3 aromatic rings. The maximum Gasteiger partial charge on any atom is 0.344 e. The number of benzene rings is 2. The van der Waals surface area contributed by atoms with Crippen molar-refractivity contribution in [3.8, 4) is 5.75 Å². The number of hydrogen-bond donors (Lipinski definition) is 1. The molecule has 0 amide bonds. The summed E-state index contributed by atoms with van der Waals surface area (Å²) in [6, 6.07) is 8.35. The normalized spacial score (nSPS) is 13.0. The summed E-state index contributed by atoms with van der Waals surface area (Å²) in [6.07, 6.45) is 0.310. The molecule has 10 heteroatoms. The fourth-order valence-electron chi connectivity index (χ4n) is 2.86. The molecule has 0 saturated heterocycles. The van der Waals surface area contributed by atoms with E-state index in [1.54, 1.807) is 12.1 Å². The second-order valence-corrected chi connectivity index (χ2v) is 9.85. The second kappa shape index (κ2) is 9.21. The SMILES string of the molecule is C[C@H](Oc1c(Cl)cc(C=Nn2c(C(C)(C)C)nc3ccc(Br)cc3c2=O)cc1Cl)C(=O)O. The average molecular weight is 541 g/mol. The van der Waals surface area contributed by atoms with Crippen molar-refractivity contribution in [2.45, 2.75) is 39.2 Å². The third kappa shape index (κ3) is 5.14. The molecule has 0 bridgehead atoms. The van der Waals surface area contributed by atoms with Crippen LogP contribution in [0.2, 0.25) is 10.0 Å². The Morgan fingerprint density at radius 2 is 1.88 bits per heavy atom. The van der Waals surface area contributed by atoms with Crippen molar-refractivity contribution in [2.75, 3.05) is 0 Å². The van der Waals surface area contributed by atoms with Gasteiger partial charge in [0.2, 0.25) is 0 Å². The van der Waals surface area contributed by atoms with Crippen LogP contribution in [0.3, 0.4) is 0 Å². The Kier molecular flexibility index (Phi) is 6.97. The van der Waals surface area contributed by atoms with Crippen molar-refractivity contribution < 1.29 is 14.6 Å². The molecule has 32 heavy (non-hydrogen) atoms. The number of aromatic nitrogens is 2. The predicted molar refractivity (Wildman–Crippen MR) is 130 cm³/mol. The molecule has 0 unspecified atom stereocenters. The average Bonchev–Trinajstić information content (AvgIpc) is 2.69. The van der Waals surface area contributed by atoms with E-state index < -0.39 is 17.5 Å². The molecule has 168 valence electrons. The summed E-state index contributed by atoms with van der Waals surface area (Å²) in [5.74, 6) is -0.599. The Morgan fingerprint density at radius 3 is 2.44 bits per heavy atom. The van der Waals surface area contributed by atoms with Crippen LogP contribution in [0.1, 0.15) is 39.1 Å². The van der Waals surface area contributed by atoms with Crippen molar-refractivity contribution in [2.24, 2.45) is 5.10 Å². The quantitative estimate of drug-likeness (QED) is 0.431. The van der Waals surface area contributed by atoms with E-state index in [4.69, 9.17) is 33.0 Å². The molecule has 0 aliphatic heterocycles. The number of nitrogens with zero attached hydrogens (tertiary/aromatic N) is 3. The number of aliphatic carboxylic acids is 1. The van der Waals surface area contributed by atoms with Gasteiger partial charge in [0.15, 0.2) is 11.9 Å². The van der Waals surface area contributed by atoms with Crippen molar-refractivity contribution in [3.05, 3.63) is 66.6 Å². The van der Waals surface area contributed by atoms with Crippen LogP contribution in [0.4, 0.5) is 0 Å². The fraction of sp³-hybridized carbons (Fsp3) is 0.273. The van der Waals surface area contributed by atoms with Gasteiger partial charge in [-0.2, -0.15) is 9.78 Å². The number of hydrogen-bond acceptors (Lipinski definition) is 5. The van der Waals surface area contributed by atoms with Crippen LogP contribution in [-0.2, 0) is 10.2 Å². The summed E-state index contributed by atoms with van der Waals surface area (Å²) < 4.78 is 7.33. The van der Waals surface area contributed by atoms with Crippen molar-refractivity contribution >= 4 is 62.2 Å². The number of halogens is 3. The van der Waals surface area contributed by atoms with E-state index in [9.17, 15) is 9.59 Å². The molecule has 0 aliphatic rings. The first-order chi connectivity index (χ1) is 14.9. The van der Waals surface area contributed by atoms with Crippen LogP contribution in [0.5, 0.6) is 5.75 Å². The monoisotopic (exact) mass is 539 g/mol. The van der Waals surface area contributed by atoms with E-state index in [0.29, 0.717) is 22.3 Å². The fourth-order valence-corrected chi connectivity index (χ4v) is 3.81. The highest BCUT2D eigenvalue weighted by Gasteiger charge is 2.23. The van der Waals surface area contributed by atoms with Gasteiger partial charge in [0.1, 0.15) is 5.82 Å². The molecule has 0 saturated carbocycles. The first-order valence-electron chi connectivity index (χ1n) is 9.54. The smallest absolute Gasteiger partial charge is 0.344 e. The topological polar surface area (TPSA) is 93.8 Å². The molecule has 1 aromatic heterocycles. The summed E-state index contributed by atoms with van der Waals surface area (Å²) >= 11 is 15.9. The Balaban J connectivity index is 2.09. The third-order valence-corrected chi connectivity index (χ3v) is 5.52. The zero-order valence-electron chi connectivity index (χ0n) is 17.7. The maximum atomic E-state index is 13.2. The van der Waals surface area contributed by atoms with Gasteiger partial charge in [-0.1, -0.05) is 59.9 Å². The van der Waals surface area contributed by atoms with Crippen molar-refractivity contribution in [1.82, 2.24) is 9.66 Å². The summed E-state index contributed by atoms with van der Waals surface area (Å²) in [7, 11) is 0. The van der Waals surface area contributed by atoms with Crippen LogP contribution in [0.25, 0.3) is 10.9 Å². The lowest BCUT2D eigenvalue weighted by molar-refractivity contribution is -0.144. The lowest BCUT2D eigenvalue weighted by Crippen LogP contribution is -2.29. The van der Waals surface area contributed by atoms with Gasteiger partial charge in [-0.25, -0.2) is 9.78 Å². The van der Waals surface area contributed by atoms with Crippen LogP contribution in [0, 0.1) is 0 Å². The number of ether oxygens (including phenoxy) is 1. The van der Waals surface area contributed by atoms with Gasteiger partial charge >= 0.3 is 5.97 Å². The minimum Gasteiger partial charge on any atom is -0.479 e. The molecule has 3 rings (SSSR count). The molecule has 1 N–H and O–H groups in total. The second-order valence-electron chi connectivity index (χ2n) is 8.12. The van der Waals surface area contributed by atoms with E-state index in [2.05, 4.69) is 26.0 Å². The minimum absolute atomic E-state index is 0.0603. The van der Waals surface area contributed by atoms with E-state index in [0.717, 1.165) is 4.47 Å². The van der Waals surface area contributed by atoms with Crippen LogP contribution >= 0.6 is 39.1 Å². The Labute approximate surface area is 202 Å². The Bertz CT molecular complexity index is 1280. The molecule has 2 aromatic carbocycles. The molecule has 0 aliphatic carbocycles. The number of carboxylic acid groups (broad SMARTS) is 1. The van der Waals surface area contributed by atoms with E-state index in [-0.39, 0.29) is 21.4 Å². The van der Waals surface area contributed by atoms with Gasteiger partial charge in [0.25, 0.3) is 5.56 Å². The third-order valence-electron chi connectivity index (χ3n) is 4.46. The Morgan fingerprint density at radius 1 is 1.25 bits per heavy atom. The summed E-state index contributed by atoms with van der Waals surface area (Å²) in [5, 5.41) is 14.1. The molecule has 0 fully saturated rings. The minimum atomic E-state index is -1.15. The highest BCUT2D eigenvalue weighted by atomic mass is 79.9. The highest BCUT2D eigenvalue weighted by molar-refractivity contribution is 9.10. The predicted octanol–water partition coefficient (Wildman–Crippen LogP) is 5.50. The van der Waals surface area contributed by atoms with E-state index in [1.807, 2.05) is 26.8 Å². The standard InChI is InChI=1S/C22H20BrCl2N3O4/c1-11(20(30)31)32-18-15(24)7-12(8-16(18)25)10-26-28-19(29)14-9-13(23)5-6-17(14)27-21(28)22(2,3)4/h5-11H,1-4H3,(H,30,31)/t11-/m0/s1. The number of rotatable bonds is 5. The first kappa shape index (κ1) is 24.2. The lowest BCUT2D eigenvalue weighted by Gasteiger charge is -2.21. The summed E-state index contributed by atoms with van der Waals surface area (Å²) in [5.41, 5.74) is 0.300. The molecule has 0 radical (unpaired) electrons. The largest absolute Gasteiger partial charge is 0.479 e. The van der Waals surface area contributed by atoms with Gasteiger partial charge < -0.3 is 9.84 Å². The number of fused-ring (bicyclic) bond motifs is 1. The van der Waals surface area contributed by atoms with Crippen LogP contribution in [-0.4, -0.2) is 33.1 Å². The highest BCUT2D eigenvalue weighted by Crippen LogP contribution is 2.34. The van der Waals surface area contributed by atoms with Gasteiger partial charge in [-0.05, 0) is 42.8 Å². The lowest BCUT2D eigenvalue weighted by atomic mass is 9.95. The van der Waals surface area contributed by atoms with Gasteiger partial charge in [-0.15, -0.1) is 0 Å². The van der Waals surface area contributed by atoms with E-state index in [1.165, 1.54) is 29.9 Å². The van der Waals surface area contributed by atoms with Crippen molar-refractivity contribution in [1.29, 1.82) is 0 Å². The molecule has 7 nitrogen and oxygen atoms in total. The zero-order valence-corrected chi connectivity index (χ0v) is 20.8. The van der Waals surface area contributed by atoms with Crippen LogP contribution < -0.4 is 10.3 Å². The zero-order chi connectivity index (χ0) is 23.8. The van der Waals surface area contributed by atoms with Gasteiger partial charge in [-0.3, -0.25) is 4.79 Å². The molecular formula is C22H20BrCl2N3O4. The summed E-state index contributed by atoms with van der Waals surface area (Å²) in [6.45, 7) is 7.19. The molecule has 0 spiro atoms. The van der Waals surface area contributed by atoms with Crippen LogP contribution in [0.15, 0.2) is 44.7 Å². The number of carboxylic acids is 1. The molecule has 1 heterocycles. The maximum absolute atomic E-state index is 13.2. The number of carbonyl (C=O) groups is 1. The van der Waals surface area contributed by atoms with Crippen molar-refractivity contribution in [3.63, 3.8) is 0 Å². The molecule has 1 atom stereocenters. The Hall–Kier alpha value is -2.42. The van der Waals surface area contributed by atoms with Gasteiger partial charge in [0, 0.05) is 9.89 Å². The van der Waals surface area contributed by atoms with Gasteiger partial charge in [0.05, 0.1) is 27.2 Å². The summed E-state index contributed by atoms with van der Waals surface area (Å²) in [4.78, 5) is 28.9. The first-order valence-corrected chi connectivity index (χ1v) is 11.1.